The maximum atomic E-state index is 13.8. The van der Waals surface area contributed by atoms with E-state index in [2.05, 4.69) is 0 Å². The average molecular weight is 725 g/mol. The van der Waals surface area contributed by atoms with Crippen molar-refractivity contribution in [3.05, 3.63) is 107 Å². The molecule has 276 valence electrons. The molecule has 0 amide bonds. The quantitative estimate of drug-likeness (QED) is 0.174. The fourth-order valence-corrected chi connectivity index (χ4v) is 8.80. The van der Waals surface area contributed by atoms with Gasteiger partial charge >= 0.3 is 23.9 Å². The van der Waals surface area contributed by atoms with Crippen LogP contribution < -0.4 is 9.47 Å². The molecular formula is C41H40O12. The van der Waals surface area contributed by atoms with E-state index in [0.29, 0.717) is 24.3 Å². The molecule has 4 aliphatic rings. The second kappa shape index (κ2) is 14.1. The lowest BCUT2D eigenvalue weighted by atomic mass is 9.47. The number of rotatable bonds is 13. The summed E-state index contributed by atoms with van der Waals surface area (Å²) in [5, 5.41) is 22.2. The van der Waals surface area contributed by atoms with Gasteiger partial charge in [0.05, 0.1) is 30.5 Å². The monoisotopic (exact) mass is 724 g/mol. The fourth-order valence-electron chi connectivity index (χ4n) is 8.80. The van der Waals surface area contributed by atoms with Gasteiger partial charge in [0, 0.05) is 23.1 Å². The molecule has 12 heteroatoms. The predicted molar refractivity (Wildman–Crippen MR) is 185 cm³/mol. The van der Waals surface area contributed by atoms with Gasteiger partial charge in [0.25, 0.3) is 0 Å². The zero-order chi connectivity index (χ0) is 37.5. The number of carbonyl (C=O) groups excluding carboxylic acids is 4. The van der Waals surface area contributed by atoms with Crippen LogP contribution in [0.15, 0.2) is 84.6 Å². The van der Waals surface area contributed by atoms with Crippen molar-refractivity contribution >= 4 is 29.7 Å². The van der Waals surface area contributed by atoms with E-state index in [-0.39, 0.29) is 29.2 Å². The first-order valence-corrected chi connectivity index (χ1v) is 17.7. The van der Waals surface area contributed by atoms with E-state index in [1.807, 2.05) is 12.1 Å². The van der Waals surface area contributed by atoms with E-state index >= 15 is 0 Å². The number of carboxylic acids is 1. The molecule has 1 fully saturated rings. The van der Waals surface area contributed by atoms with Crippen LogP contribution in [-0.2, 0) is 50.0 Å². The normalized spacial score (nSPS) is 24.9. The van der Waals surface area contributed by atoms with Gasteiger partial charge in [-0.05, 0) is 56.2 Å². The minimum Gasteiger partial charge on any atom is -0.493 e. The number of ether oxygens (including phenoxy) is 5. The van der Waals surface area contributed by atoms with Gasteiger partial charge in [0.15, 0.2) is 17.6 Å². The third-order valence-corrected chi connectivity index (χ3v) is 11.1. The minimum absolute atomic E-state index is 0.0138. The highest BCUT2D eigenvalue weighted by Crippen LogP contribution is 2.67. The molecule has 0 saturated heterocycles. The summed E-state index contributed by atoms with van der Waals surface area (Å²) in [6, 6.07) is 19.6. The molecule has 1 aliphatic heterocycles. The van der Waals surface area contributed by atoms with Crippen molar-refractivity contribution in [3.8, 4) is 11.5 Å². The van der Waals surface area contributed by atoms with E-state index in [1.54, 1.807) is 49.6 Å². The molecule has 12 nitrogen and oxygen atoms in total. The maximum Gasteiger partial charge on any atom is 0.353 e. The summed E-state index contributed by atoms with van der Waals surface area (Å²) in [5.74, 6) is -5.04. The summed E-state index contributed by atoms with van der Waals surface area (Å²) in [6.07, 6.45) is -0.311. The number of benzene rings is 3. The number of methoxy groups -OCH3 is 1. The van der Waals surface area contributed by atoms with Crippen LogP contribution in [0.5, 0.6) is 11.5 Å². The van der Waals surface area contributed by atoms with Crippen LogP contribution in [0, 0.1) is 11.8 Å². The molecule has 2 N–H and O–H groups in total. The summed E-state index contributed by atoms with van der Waals surface area (Å²) in [7, 11) is 1.54. The fraction of sp³-hybridized carbons (Fsp3) is 0.390. The zero-order valence-electron chi connectivity index (χ0n) is 29.3. The topological polar surface area (TPSA) is 172 Å². The molecule has 7 rings (SSSR count). The van der Waals surface area contributed by atoms with Crippen molar-refractivity contribution in [3.63, 3.8) is 0 Å². The Morgan fingerprint density at radius 2 is 1.55 bits per heavy atom. The van der Waals surface area contributed by atoms with Gasteiger partial charge in [-0.15, -0.1) is 0 Å². The van der Waals surface area contributed by atoms with Crippen molar-refractivity contribution in [2.75, 3.05) is 7.11 Å². The largest absolute Gasteiger partial charge is 0.493 e. The molecule has 0 aromatic heterocycles. The Morgan fingerprint density at radius 3 is 2.19 bits per heavy atom. The highest BCUT2D eigenvalue weighted by atomic mass is 16.6. The summed E-state index contributed by atoms with van der Waals surface area (Å²) < 4.78 is 29.2. The molecule has 3 aromatic carbocycles. The van der Waals surface area contributed by atoms with E-state index in [0.717, 1.165) is 24.0 Å². The Balaban J connectivity index is 1.12. The standard InChI is InChI=1S/C41H40O12/c1-23(42)20-27(38(46)53-34(25-12-7-4-8-13-25)39(47)52-33(37(44)45)24-10-5-3-6-11-24)22-31(43)50-30-17-19-41(48)28-14-9-18-40(41)32-26(21-28)15-16-29(49-2)35(32)51-36(30)40/h3-8,10-13,15-17,27-28,33-34,36,48H,9,14,18-22H2,1-2H3,(H,44,45)/t27-,28-,33-,34-,36+,40+,41-/m0/s1. The lowest BCUT2D eigenvalue weighted by molar-refractivity contribution is -0.180. The van der Waals surface area contributed by atoms with Crippen LogP contribution in [0.1, 0.15) is 79.9 Å². The van der Waals surface area contributed by atoms with Gasteiger partial charge in [0.2, 0.25) is 12.2 Å². The molecule has 0 unspecified atom stereocenters. The second-order valence-corrected chi connectivity index (χ2v) is 14.2. The molecule has 1 spiro atoms. The van der Waals surface area contributed by atoms with Crippen LogP contribution in [-0.4, -0.2) is 58.7 Å². The van der Waals surface area contributed by atoms with Crippen LogP contribution in [0.3, 0.4) is 0 Å². The zero-order valence-corrected chi connectivity index (χ0v) is 29.3. The number of aliphatic carboxylic acids is 1. The highest BCUT2D eigenvalue weighted by Gasteiger charge is 2.71. The van der Waals surface area contributed by atoms with Crippen molar-refractivity contribution in [2.45, 2.75) is 81.2 Å². The van der Waals surface area contributed by atoms with Gasteiger partial charge in [-0.25, -0.2) is 9.59 Å². The van der Waals surface area contributed by atoms with Crippen molar-refractivity contribution < 1.29 is 57.9 Å². The van der Waals surface area contributed by atoms with Crippen molar-refractivity contribution in [2.24, 2.45) is 11.8 Å². The summed E-state index contributed by atoms with van der Waals surface area (Å²) >= 11 is 0. The smallest absolute Gasteiger partial charge is 0.353 e. The number of Topliss-reactive ketones (excluding diaryl/α,β-unsaturated/α-hetero) is 1. The predicted octanol–water partition coefficient (Wildman–Crippen LogP) is 5.25. The molecule has 2 bridgehead atoms. The first-order valence-electron chi connectivity index (χ1n) is 17.7. The molecule has 3 aromatic rings. The third kappa shape index (κ3) is 6.24. The highest BCUT2D eigenvalue weighted by molar-refractivity contribution is 5.89. The molecular weight excluding hydrogens is 684 g/mol. The summed E-state index contributed by atoms with van der Waals surface area (Å²) in [4.78, 5) is 65.5. The minimum atomic E-state index is -1.71. The van der Waals surface area contributed by atoms with Gasteiger partial charge in [0.1, 0.15) is 11.5 Å². The van der Waals surface area contributed by atoms with Gasteiger partial charge in [-0.3, -0.25) is 9.59 Å². The van der Waals surface area contributed by atoms with Gasteiger partial charge < -0.3 is 38.7 Å². The van der Waals surface area contributed by atoms with Crippen molar-refractivity contribution in [1.82, 2.24) is 0 Å². The maximum absolute atomic E-state index is 13.8. The number of hydrogen-bond acceptors (Lipinski definition) is 11. The number of ketones is 1. The van der Waals surface area contributed by atoms with Gasteiger partial charge in [-0.2, -0.15) is 0 Å². The Labute approximate surface area is 305 Å². The van der Waals surface area contributed by atoms with E-state index in [9.17, 15) is 34.2 Å². The number of esters is 3. The van der Waals surface area contributed by atoms with Gasteiger partial charge in [-0.1, -0.05) is 73.2 Å². The Hall–Kier alpha value is -5.49. The molecule has 1 saturated carbocycles. The molecule has 7 atom stereocenters. The van der Waals surface area contributed by atoms with E-state index in [1.165, 1.54) is 31.2 Å². The summed E-state index contributed by atoms with van der Waals surface area (Å²) in [5.41, 5.74) is 0.345. The molecule has 0 radical (unpaired) electrons. The third-order valence-electron chi connectivity index (χ3n) is 11.1. The lowest BCUT2D eigenvalue weighted by Crippen LogP contribution is -2.67. The number of carbonyl (C=O) groups is 5. The number of carboxylic acid groups (broad SMARTS) is 1. The molecule has 3 aliphatic carbocycles. The lowest BCUT2D eigenvalue weighted by Gasteiger charge is -2.59. The van der Waals surface area contributed by atoms with E-state index < -0.39 is 77.7 Å². The van der Waals surface area contributed by atoms with Crippen LogP contribution >= 0.6 is 0 Å². The Bertz CT molecular complexity index is 1970. The summed E-state index contributed by atoms with van der Waals surface area (Å²) in [6.45, 7) is 1.26. The number of hydrogen-bond donors (Lipinski definition) is 2. The average Bonchev–Trinajstić information content (AvgIpc) is 3.49. The molecule has 53 heavy (non-hydrogen) atoms. The first kappa shape index (κ1) is 35.9. The second-order valence-electron chi connectivity index (χ2n) is 14.2. The van der Waals surface area contributed by atoms with Crippen LogP contribution in [0.25, 0.3) is 0 Å². The van der Waals surface area contributed by atoms with E-state index in [4.69, 9.17) is 23.7 Å². The Morgan fingerprint density at radius 1 is 0.887 bits per heavy atom. The van der Waals surface area contributed by atoms with Crippen LogP contribution in [0.4, 0.5) is 0 Å². The SMILES string of the molecule is COc1ccc2c3c1O[C@@H]1C(OC(=O)C[C@H](CC(C)=O)C(=O)O[C@H](C(=O)O[C@H](C(=O)O)c4ccccc4)c4ccccc4)=CC[C@]4(O)[C@@H](CCC[C@@]314)C2. The molecule has 1 heterocycles. The first-order chi connectivity index (χ1) is 25.5. The Kier molecular flexibility index (Phi) is 9.58. The van der Waals surface area contributed by atoms with Crippen molar-refractivity contribution in [1.29, 1.82) is 0 Å². The number of aliphatic hydroxyl groups is 1. The van der Waals surface area contributed by atoms with Crippen LogP contribution in [0.2, 0.25) is 0 Å².